The Morgan fingerprint density at radius 1 is 1.32 bits per heavy atom. The van der Waals surface area contributed by atoms with Gasteiger partial charge in [0, 0.05) is 24.7 Å². The highest BCUT2D eigenvalue weighted by atomic mass is 16.6. The molecule has 0 saturated heterocycles. The number of benzene rings is 1. The number of nitrogens with two attached hydrogens (primary N) is 1. The summed E-state index contributed by atoms with van der Waals surface area (Å²) in [4.78, 5) is 22.7. The molecule has 4 N–H and O–H groups in total. The van der Waals surface area contributed by atoms with Crippen molar-refractivity contribution in [2.75, 3.05) is 6.54 Å². The van der Waals surface area contributed by atoms with Crippen LogP contribution in [0.15, 0.2) is 24.3 Å². The number of ether oxygens (including phenoxy) is 1. The molecule has 22 heavy (non-hydrogen) atoms. The number of rotatable bonds is 6. The van der Waals surface area contributed by atoms with E-state index in [9.17, 15) is 9.59 Å². The third-order valence-corrected chi connectivity index (χ3v) is 2.75. The van der Waals surface area contributed by atoms with Gasteiger partial charge < -0.3 is 21.1 Å². The van der Waals surface area contributed by atoms with Gasteiger partial charge in [0.25, 0.3) is 0 Å². The molecule has 0 aliphatic carbocycles. The first kappa shape index (κ1) is 18.0. The first-order chi connectivity index (χ1) is 10.2. The third-order valence-electron chi connectivity index (χ3n) is 2.75. The van der Waals surface area contributed by atoms with E-state index < -0.39 is 17.6 Å². The molecule has 1 aromatic rings. The van der Waals surface area contributed by atoms with Gasteiger partial charge in [0.15, 0.2) is 0 Å². The minimum atomic E-state index is -0.508. The van der Waals surface area contributed by atoms with E-state index in [0.29, 0.717) is 18.7 Å². The number of amides is 2. The lowest BCUT2D eigenvalue weighted by atomic mass is 10.1. The molecule has 6 heteroatoms. The standard InChI is InChI=1S/C16H25N3O3/c1-11(19-15(21)22-16(2,3)4)9-18-10-12-6-5-7-13(8-12)14(17)20/h5-8,11,18H,9-10H2,1-4H3,(H2,17,20)(H,19,21). The minimum absolute atomic E-state index is 0.0748. The molecule has 0 bridgehead atoms. The summed E-state index contributed by atoms with van der Waals surface area (Å²) in [5, 5.41) is 5.97. The quantitative estimate of drug-likeness (QED) is 0.747. The summed E-state index contributed by atoms with van der Waals surface area (Å²) in [5.41, 5.74) is 6.18. The highest BCUT2D eigenvalue weighted by molar-refractivity contribution is 5.92. The molecular formula is C16H25N3O3. The Labute approximate surface area is 131 Å². The summed E-state index contributed by atoms with van der Waals surface area (Å²) in [6, 6.07) is 7.05. The summed E-state index contributed by atoms with van der Waals surface area (Å²) in [7, 11) is 0. The van der Waals surface area contributed by atoms with Crippen molar-refractivity contribution in [1.29, 1.82) is 0 Å². The van der Waals surface area contributed by atoms with Gasteiger partial charge in [0.2, 0.25) is 5.91 Å². The summed E-state index contributed by atoms with van der Waals surface area (Å²) < 4.78 is 5.19. The maximum atomic E-state index is 11.6. The monoisotopic (exact) mass is 307 g/mol. The van der Waals surface area contributed by atoms with Crippen molar-refractivity contribution in [1.82, 2.24) is 10.6 Å². The highest BCUT2D eigenvalue weighted by Gasteiger charge is 2.17. The fourth-order valence-corrected chi connectivity index (χ4v) is 1.83. The first-order valence-electron chi connectivity index (χ1n) is 7.26. The van der Waals surface area contributed by atoms with Gasteiger partial charge in [0.1, 0.15) is 5.60 Å². The number of hydrogen-bond acceptors (Lipinski definition) is 4. The predicted octanol–water partition coefficient (Wildman–Crippen LogP) is 1.79. The SMILES string of the molecule is CC(CNCc1cccc(C(N)=O)c1)NC(=O)OC(C)(C)C. The van der Waals surface area contributed by atoms with Crippen molar-refractivity contribution in [3.8, 4) is 0 Å². The molecule has 0 fully saturated rings. The molecule has 0 aliphatic heterocycles. The molecule has 1 atom stereocenters. The van der Waals surface area contributed by atoms with E-state index in [-0.39, 0.29) is 6.04 Å². The number of carbonyl (C=O) groups excluding carboxylic acids is 2. The van der Waals surface area contributed by atoms with Gasteiger partial charge in [-0.05, 0) is 45.4 Å². The van der Waals surface area contributed by atoms with Gasteiger partial charge in [-0.3, -0.25) is 4.79 Å². The van der Waals surface area contributed by atoms with Gasteiger partial charge >= 0.3 is 6.09 Å². The van der Waals surface area contributed by atoms with E-state index in [0.717, 1.165) is 5.56 Å². The number of hydrogen-bond donors (Lipinski definition) is 3. The zero-order valence-electron chi connectivity index (χ0n) is 13.6. The van der Waals surface area contributed by atoms with Crippen LogP contribution >= 0.6 is 0 Å². The van der Waals surface area contributed by atoms with Gasteiger partial charge in [-0.1, -0.05) is 12.1 Å². The summed E-state index contributed by atoms with van der Waals surface area (Å²) in [5.74, 6) is -0.443. The average Bonchev–Trinajstić information content (AvgIpc) is 2.36. The number of nitrogens with one attached hydrogen (secondary N) is 2. The number of carbonyl (C=O) groups is 2. The van der Waals surface area contributed by atoms with E-state index in [4.69, 9.17) is 10.5 Å². The molecule has 0 aromatic heterocycles. The Bertz CT molecular complexity index is 524. The first-order valence-corrected chi connectivity index (χ1v) is 7.26. The minimum Gasteiger partial charge on any atom is -0.444 e. The van der Waals surface area contributed by atoms with Gasteiger partial charge in [-0.25, -0.2) is 4.79 Å². The molecule has 0 saturated carbocycles. The Hall–Kier alpha value is -2.08. The number of primary amides is 1. The molecule has 0 spiro atoms. The maximum absolute atomic E-state index is 11.6. The van der Waals surface area contributed by atoms with Crippen LogP contribution < -0.4 is 16.4 Å². The van der Waals surface area contributed by atoms with Gasteiger partial charge in [-0.2, -0.15) is 0 Å². The molecule has 1 unspecified atom stereocenters. The molecule has 1 rings (SSSR count). The number of alkyl carbamates (subject to hydrolysis) is 1. The molecule has 0 aliphatic rings. The fourth-order valence-electron chi connectivity index (χ4n) is 1.83. The van der Waals surface area contributed by atoms with E-state index in [1.54, 1.807) is 18.2 Å². The largest absolute Gasteiger partial charge is 0.444 e. The second-order valence-corrected chi connectivity index (χ2v) is 6.24. The van der Waals surface area contributed by atoms with E-state index >= 15 is 0 Å². The lowest BCUT2D eigenvalue weighted by molar-refractivity contribution is 0.0508. The lowest BCUT2D eigenvalue weighted by Gasteiger charge is -2.22. The predicted molar refractivity (Wildman–Crippen MR) is 85.5 cm³/mol. The molecule has 0 heterocycles. The van der Waals surface area contributed by atoms with Crippen LogP contribution in [0.1, 0.15) is 43.6 Å². The zero-order valence-corrected chi connectivity index (χ0v) is 13.6. The Kier molecular flexibility index (Phi) is 6.37. The van der Waals surface area contributed by atoms with Crippen molar-refractivity contribution >= 4 is 12.0 Å². The summed E-state index contributed by atoms with van der Waals surface area (Å²) in [6.07, 6.45) is -0.433. The van der Waals surface area contributed by atoms with Crippen molar-refractivity contribution < 1.29 is 14.3 Å². The molecule has 2 amide bonds. The van der Waals surface area contributed by atoms with Gasteiger partial charge in [-0.15, -0.1) is 0 Å². The van der Waals surface area contributed by atoms with E-state index in [2.05, 4.69) is 10.6 Å². The second-order valence-electron chi connectivity index (χ2n) is 6.24. The van der Waals surface area contributed by atoms with Crippen LogP contribution in [0.25, 0.3) is 0 Å². The Morgan fingerprint density at radius 2 is 2.00 bits per heavy atom. The van der Waals surface area contributed by atoms with Crippen LogP contribution in [0.4, 0.5) is 4.79 Å². The Morgan fingerprint density at radius 3 is 2.59 bits per heavy atom. The van der Waals surface area contributed by atoms with E-state index in [1.165, 1.54) is 0 Å². The van der Waals surface area contributed by atoms with Crippen molar-refractivity contribution in [2.24, 2.45) is 5.73 Å². The van der Waals surface area contributed by atoms with Crippen LogP contribution in [-0.4, -0.2) is 30.2 Å². The average molecular weight is 307 g/mol. The van der Waals surface area contributed by atoms with Crippen LogP contribution in [0, 0.1) is 0 Å². The fraction of sp³-hybridized carbons (Fsp3) is 0.500. The molecular weight excluding hydrogens is 282 g/mol. The summed E-state index contributed by atoms with van der Waals surface area (Å²) >= 11 is 0. The second kappa shape index (κ2) is 7.79. The smallest absolute Gasteiger partial charge is 0.407 e. The van der Waals surface area contributed by atoms with Crippen LogP contribution in [0.2, 0.25) is 0 Å². The maximum Gasteiger partial charge on any atom is 0.407 e. The molecule has 122 valence electrons. The molecule has 1 aromatic carbocycles. The van der Waals surface area contributed by atoms with Crippen LogP contribution in [0.5, 0.6) is 0 Å². The Balaban J connectivity index is 2.36. The zero-order chi connectivity index (χ0) is 16.8. The summed E-state index contributed by atoms with van der Waals surface area (Å²) in [6.45, 7) is 8.52. The van der Waals surface area contributed by atoms with Gasteiger partial charge in [0.05, 0.1) is 0 Å². The molecule has 6 nitrogen and oxygen atoms in total. The van der Waals surface area contributed by atoms with E-state index in [1.807, 2.05) is 33.8 Å². The van der Waals surface area contributed by atoms with Crippen molar-refractivity contribution in [3.63, 3.8) is 0 Å². The van der Waals surface area contributed by atoms with Crippen molar-refractivity contribution in [2.45, 2.75) is 45.9 Å². The van der Waals surface area contributed by atoms with Crippen molar-refractivity contribution in [3.05, 3.63) is 35.4 Å². The molecule has 0 radical (unpaired) electrons. The van der Waals surface area contributed by atoms with Crippen LogP contribution in [0.3, 0.4) is 0 Å². The lowest BCUT2D eigenvalue weighted by Crippen LogP contribution is -2.42. The van der Waals surface area contributed by atoms with Crippen LogP contribution in [-0.2, 0) is 11.3 Å². The topological polar surface area (TPSA) is 93.5 Å². The normalized spacial score (nSPS) is 12.5. The third kappa shape index (κ3) is 7.08. The highest BCUT2D eigenvalue weighted by Crippen LogP contribution is 2.07.